The first kappa shape index (κ1) is 10.5. The van der Waals surface area contributed by atoms with Crippen molar-refractivity contribution >= 4 is 5.91 Å². The summed E-state index contributed by atoms with van der Waals surface area (Å²) in [6.07, 6.45) is 5.25. The molecule has 13 heavy (non-hydrogen) atoms. The van der Waals surface area contributed by atoms with E-state index in [9.17, 15) is 9.90 Å². The average Bonchev–Trinajstić information content (AvgIpc) is 2.52. The Morgan fingerprint density at radius 2 is 2.38 bits per heavy atom. The first-order chi connectivity index (χ1) is 6.24. The minimum Gasteiger partial charge on any atom is -0.391 e. The van der Waals surface area contributed by atoms with E-state index in [-0.39, 0.29) is 18.1 Å². The van der Waals surface area contributed by atoms with Crippen LogP contribution in [0.25, 0.3) is 0 Å². The van der Waals surface area contributed by atoms with Crippen LogP contribution in [0.15, 0.2) is 0 Å². The molecular weight excluding hydrogens is 166 g/mol. The molecule has 1 saturated heterocycles. The maximum atomic E-state index is 10.9. The molecule has 2 atom stereocenters. The normalized spacial score (nSPS) is 24.5. The molecular formula is C10H19NO2. The first-order valence-electron chi connectivity index (χ1n) is 5.21. The fourth-order valence-corrected chi connectivity index (χ4v) is 1.73. The molecule has 1 fully saturated rings. The summed E-state index contributed by atoms with van der Waals surface area (Å²) >= 11 is 0. The van der Waals surface area contributed by atoms with Crippen molar-refractivity contribution in [2.45, 2.75) is 57.6 Å². The van der Waals surface area contributed by atoms with E-state index in [0.717, 1.165) is 25.7 Å². The van der Waals surface area contributed by atoms with Crippen LogP contribution in [0.5, 0.6) is 0 Å². The molecule has 0 saturated carbocycles. The number of unbranched alkanes of at least 4 members (excludes halogenated alkanes) is 2. The minimum atomic E-state index is -0.335. The van der Waals surface area contributed by atoms with Crippen molar-refractivity contribution in [3.05, 3.63) is 0 Å². The van der Waals surface area contributed by atoms with Crippen LogP contribution in [0.4, 0.5) is 0 Å². The zero-order valence-electron chi connectivity index (χ0n) is 8.25. The first-order valence-corrected chi connectivity index (χ1v) is 5.21. The maximum Gasteiger partial charge on any atom is 0.220 e. The number of carbonyl (C=O) groups is 1. The molecule has 1 rings (SSSR count). The van der Waals surface area contributed by atoms with Gasteiger partial charge in [0.2, 0.25) is 5.91 Å². The quantitative estimate of drug-likeness (QED) is 0.632. The van der Waals surface area contributed by atoms with Gasteiger partial charge in [0.1, 0.15) is 0 Å². The van der Waals surface area contributed by atoms with Crippen LogP contribution in [0.1, 0.15) is 45.4 Å². The second kappa shape index (κ2) is 5.22. The summed E-state index contributed by atoms with van der Waals surface area (Å²) in [5.41, 5.74) is 0. The Balaban J connectivity index is 2.15. The van der Waals surface area contributed by atoms with Crippen LogP contribution in [-0.2, 0) is 4.79 Å². The number of rotatable bonds is 5. The van der Waals surface area contributed by atoms with Gasteiger partial charge in [-0.05, 0) is 12.8 Å². The molecule has 0 spiro atoms. The van der Waals surface area contributed by atoms with Crippen molar-refractivity contribution in [1.82, 2.24) is 5.32 Å². The van der Waals surface area contributed by atoms with E-state index in [1.165, 1.54) is 6.42 Å². The van der Waals surface area contributed by atoms with Crippen molar-refractivity contribution in [3.63, 3.8) is 0 Å². The minimum absolute atomic E-state index is 0.0179. The molecule has 2 N–H and O–H groups in total. The highest BCUT2D eigenvalue weighted by Gasteiger charge is 2.26. The Kier molecular flexibility index (Phi) is 4.22. The Labute approximate surface area is 79.5 Å². The fourth-order valence-electron chi connectivity index (χ4n) is 1.73. The number of hydrogen-bond acceptors (Lipinski definition) is 2. The van der Waals surface area contributed by atoms with E-state index < -0.39 is 0 Å². The Bertz CT molecular complexity index is 170. The third-order valence-electron chi connectivity index (χ3n) is 2.60. The predicted octanol–water partition coefficient (Wildman–Crippen LogP) is 1.21. The zero-order valence-corrected chi connectivity index (χ0v) is 8.25. The predicted molar refractivity (Wildman–Crippen MR) is 51.3 cm³/mol. The molecule has 76 valence electrons. The highest BCUT2D eigenvalue weighted by molar-refractivity contribution is 5.78. The van der Waals surface area contributed by atoms with Crippen LogP contribution in [-0.4, -0.2) is 23.2 Å². The molecule has 3 nitrogen and oxygen atoms in total. The van der Waals surface area contributed by atoms with Crippen molar-refractivity contribution in [1.29, 1.82) is 0 Å². The number of aliphatic hydroxyl groups excluding tert-OH is 1. The van der Waals surface area contributed by atoms with Gasteiger partial charge in [0.15, 0.2) is 0 Å². The summed E-state index contributed by atoms with van der Waals surface area (Å²) in [7, 11) is 0. The number of aliphatic hydroxyl groups is 1. The molecule has 3 heteroatoms. The number of hydrogen-bond donors (Lipinski definition) is 2. The fraction of sp³-hybridized carbons (Fsp3) is 0.900. The summed E-state index contributed by atoms with van der Waals surface area (Å²) in [4.78, 5) is 10.9. The topological polar surface area (TPSA) is 49.3 Å². The van der Waals surface area contributed by atoms with Crippen LogP contribution in [0, 0.1) is 0 Å². The Morgan fingerprint density at radius 1 is 1.62 bits per heavy atom. The summed E-state index contributed by atoms with van der Waals surface area (Å²) in [6.45, 7) is 2.14. The molecule has 0 aliphatic carbocycles. The van der Waals surface area contributed by atoms with E-state index in [1.807, 2.05) is 0 Å². The molecule has 0 aromatic carbocycles. The molecule has 1 heterocycles. The van der Waals surface area contributed by atoms with E-state index in [1.54, 1.807) is 0 Å². The lowest BCUT2D eigenvalue weighted by atomic mass is 10.0. The number of nitrogens with one attached hydrogen (secondary N) is 1. The van der Waals surface area contributed by atoms with Gasteiger partial charge in [0.05, 0.1) is 12.1 Å². The smallest absolute Gasteiger partial charge is 0.220 e. The van der Waals surface area contributed by atoms with Crippen molar-refractivity contribution in [3.8, 4) is 0 Å². The molecule has 0 unspecified atom stereocenters. The highest BCUT2D eigenvalue weighted by Crippen LogP contribution is 2.15. The van der Waals surface area contributed by atoms with Crippen LogP contribution in [0.3, 0.4) is 0 Å². The van der Waals surface area contributed by atoms with E-state index in [4.69, 9.17) is 0 Å². The largest absolute Gasteiger partial charge is 0.391 e. The van der Waals surface area contributed by atoms with Gasteiger partial charge in [0.25, 0.3) is 0 Å². The molecule has 1 amide bonds. The van der Waals surface area contributed by atoms with E-state index in [2.05, 4.69) is 12.2 Å². The van der Waals surface area contributed by atoms with Gasteiger partial charge >= 0.3 is 0 Å². The Hall–Kier alpha value is -0.570. The van der Waals surface area contributed by atoms with Crippen LogP contribution < -0.4 is 5.32 Å². The van der Waals surface area contributed by atoms with E-state index in [0.29, 0.717) is 6.42 Å². The van der Waals surface area contributed by atoms with Gasteiger partial charge in [-0.2, -0.15) is 0 Å². The SMILES string of the molecule is CCCCC[C@@H](O)[C@H]1CCC(=O)N1. The summed E-state index contributed by atoms with van der Waals surface area (Å²) in [5, 5.41) is 12.5. The van der Waals surface area contributed by atoms with Crippen molar-refractivity contribution < 1.29 is 9.90 Å². The van der Waals surface area contributed by atoms with Gasteiger partial charge in [-0.3, -0.25) is 4.79 Å². The molecule has 1 aliphatic heterocycles. The second-order valence-corrected chi connectivity index (χ2v) is 3.78. The average molecular weight is 185 g/mol. The second-order valence-electron chi connectivity index (χ2n) is 3.78. The molecule has 0 radical (unpaired) electrons. The highest BCUT2D eigenvalue weighted by atomic mass is 16.3. The lowest BCUT2D eigenvalue weighted by molar-refractivity contribution is -0.119. The van der Waals surface area contributed by atoms with Crippen molar-refractivity contribution in [2.75, 3.05) is 0 Å². The maximum absolute atomic E-state index is 10.9. The molecule has 1 aliphatic rings. The molecule has 0 aromatic heterocycles. The van der Waals surface area contributed by atoms with Gasteiger partial charge < -0.3 is 10.4 Å². The third kappa shape index (κ3) is 3.35. The monoisotopic (exact) mass is 185 g/mol. The lowest BCUT2D eigenvalue weighted by Gasteiger charge is -2.17. The summed E-state index contributed by atoms with van der Waals surface area (Å²) in [6, 6.07) is 0.0179. The van der Waals surface area contributed by atoms with Gasteiger partial charge in [-0.1, -0.05) is 26.2 Å². The molecule has 0 aromatic rings. The third-order valence-corrected chi connectivity index (χ3v) is 2.60. The van der Waals surface area contributed by atoms with Crippen LogP contribution >= 0.6 is 0 Å². The van der Waals surface area contributed by atoms with Gasteiger partial charge in [-0.25, -0.2) is 0 Å². The number of carbonyl (C=O) groups excluding carboxylic acids is 1. The van der Waals surface area contributed by atoms with Gasteiger partial charge in [0, 0.05) is 6.42 Å². The summed E-state index contributed by atoms with van der Waals surface area (Å²) in [5.74, 6) is 0.0829. The van der Waals surface area contributed by atoms with Gasteiger partial charge in [-0.15, -0.1) is 0 Å². The number of amides is 1. The zero-order chi connectivity index (χ0) is 9.68. The molecule has 0 bridgehead atoms. The van der Waals surface area contributed by atoms with Crippen molar-refractivity contribution in [2.24, 2.45) is 0 Å². The Morgan fingerprint density at radius 3 is 2.92 bits per heavy atom. The summed E-state index contributed by atoms with van der Waals surface area (Å²) < 4.78 is 0. The van der Waals surface area contributed by atoms with E-state index >= 15 is 0 Å². The lowest BCUT2D eigenvalue weighted by Crippen LogP contribution is -2.36. The standard InChI is InChI=1S/C10H19NO2/c1-2-3-4-5-9(12)8-6-7-10(13)11-8/h8-9,12H,2-7H2,1H3,(H,11,13)/t8-,9-/m1/s1. The van der Waals surface area contributed by atoms with Crippen LogP contribution in [0.2, 0.25) is 0 Å².